The van der Waals surface area contributed by atoms with E-state index >= 15 is 0 Å². The fourth-order valence-electron chi connectivity index (χ4n) is 1.62. The van der Waals surface area contributed by atoms with Crippen molar-refractivity contribution >= 4 is 22.7 Å². The summed E-state index contributed by atoms with van der Waals surface area (Å²) in [5.41, 5.74) is 0.332. The fourth-order valence-corrected chi connectivity index (χ4v) is 1.62. The van der Waals surface area contributed by atoms with Crippen LogP contribution in [0.5, 0.6) is 0 Å². The monoisotopic (exact) mass is 245 g/mol. The average Bonchev–Trinajstić information content (AvgIpc) is 2.34. The van der Waals surface area contributed by atoms with Crippen LogP contribution < -0.4 is 5.56 Å². The molecular formula is C13H11NO4. The van der Waals surface area contributed by atoms with E-state index in [-0.39, 0.29) is 23.5 Å². The van der Waals surface area contributed by atoms with Crippen molar-refractivity contribution in [2.75, 3.05) is 6.61 Å². The number of benzene rings is 1. The third-order valence-corrected chi connectivity index (χ3v) is 2.38. The highest BCUT2D eigenvalue weighted by Crippen LogP contribution is 2.15. The minimum atomic E-state index is -0.674. The first-order valence-electron chi connectivity index (χ1n) is 5.36. The number of ketones is 1. The third-order valence-electron chi connectivity index (χ3n) is 2.38. The Morgan fingerprint density at radius 2 is 2.00 bits per heavy atom. The maximum absolute atomic E-state index is 11.8. The Labute approximate surface area is 102 Å². The molecule has 0 radical (unpaired) electrons. The predicted molar refractivity (Wildman–Crippen MR) is 65.5 cm³/mol. The molecule has 0 aliphatic carbocycles. The number of carbonyl (C=O) groups is 2. The van der Waals surface area contributed by atoms with Gasteiger partial charge in [0.25, 0.3) is 0 Å². The van der Waals surface area contributed by atoms with Crippen molar-refractivity contribution in [1.29, 1.82) is 0 Å². The van der Waals surface area contributed by atoms with Gasteiger partial charge in [0.1, 0.15) is 6.61 Å². The number of H-pyrrole nitrogens is 1. The lowest BCUT2D eigenvalue weighted by molar-refractivity contribution is -0.120. The predicted octanol–water partition coefficient (Wildman–Crippen LogP) is 1.27. The van der Waals surface area contributed by atoms with E-state index in [2.05, 4.69) is 4.98 Å². The van der Waals surface area contributed by atoms with Crippen molar-refractivity contribution in [1.82, 2.24) is 4.98 Å². The van der Waals surface area contributed by atoms with Crippen LogP contribution >= 0.6 is 0 Å². The van der Waals surface area contributed by atoms with Gasteiger partial charge in [-0.1, -0.05) is 18.2 Å². The topological polar surface area (TPSA) is 76.2 Å². The molecule has 0 spiro atoms. The molecule has 0 aliphatic heterocycles. The molecule has 5 nitrogen and oxygen atoms in total. The lowest BCUT2D eigenvalue weighted by Crippen LogP contribution is -2.15. The van der Waals surface area contributed by atoms with Gasteiger partial charge in [-0.2, -0.15) is 0 Å². The molecule has 2 rings (SSSR count). The number of aromatic amines is 1. The van der Waals surface area contributed by atoms with Gasteiger partial charge in [0.2, 0.25) is 5.56 Å². The quantitative estimate of drug-likeness (QED) is 0.826. The van der Waals surface area contributed by atoms with Crippen LogP contribution in [0.3, 0.4) is 0 Å². The Morgan fingerprint density at radius 1 is 1.28 bits per heavy atom. The molecule has 1 N–H and O–H groups in total. The van der Waals surface area contributed by atoms with Gasteiger partial charge in [-0.05, 0) is 13.0 Å². The number of fused-ring (bicyclic) bond motifs is 1. The number of esters is 1. The van der Waals surface area contributed by atoms with Gasteiger partial charge >= 0.3 is 5.97 Å². The van der Waals surface area contributed by atoms with Crippen molar-refractivity contribution in [3.05, 3.63) is 46.2 Å². The number of rotatable bonds is 3. The highest BCUT2D eigenvalue weighted by Gasteiger charge is 2.13. The average molecular weight is 245 g/mol. The van der Waals surface area contributed by atoms with Crippen LogP contribution in [0.1, 0.15) is 17.3 Å². The molecule has 0 saturated carbocycles. The summed E-state index contributed by atoms with van der Waals surface area (Å²) in [5, 5.41) is 0.589. The molecule has 0 amide bonds. The summed E-state index contributed by atoms with van der Waals surface area (Å²) in [6.45, 7) is 1.03. The van der Waals surface area contributed by atoms with Gasteiger partial charge in [0.05, 0.1) is 5.56 Å². The van der Waals surface area contributed by atoms with Crippen LogP contribution in [0.2, 0.25) is 0 Å². The van der Waals surface area contributed by atoms with E-state index in [1.54, 1.807) is 24.3 Å². The SMILES string of the molecule is CC(=O)COC(=O)c1cc(=O)[nH]c2ccccc12. The Balaban J connectivity index is 2.46. The molecule has 0 aliphatic rings. The fraction of sp³-hybridized carbons (Fsp3) is 0.154. The van der Waals surface area contributed by atoms with Crippen molar-refractivity contribution < 1.29 is 14.3 Å². The van der Waals surface area contributed by atoms with E-state index in [1.165, 1.54) is 13.0 Å². The van der Waals surface area contributed by atoms with Gasteiger partial charge in [-0.3, -0.25) is 9.59 Å². The Morgan fingerprint density at radius 3 is 2.72 bits per heavy atom. The molecule has 18 heavy (non-hydrogen) atoms. The molecule has 0 fully saturated rings. The van der Waals surface area contributed by atoms with E-state index in [0.717, 1.165) is 0 Å². The molecule has 0 unspecified atom stereocenters. The van der Waals surface area contributed by atoms with Crippen LogP contribution in [0, 0.1) is 0 Å². The highest BCUT2D eigenvalue weighted by atomic mass is 16.5. The first-order valence-corrected chi connectivity index (χ1v) is 5.36. The van der Waals surface area contributed by atoms with Crippen LogP contribution in [0.4, 0.5) is 0 Å². The number of ether oxygens (including phenoxy) is 1. The van der Waals surface area contributed by atoms with Crippen LogP contribution in [0.25, 0.3) is 10.9 Å². The number of nitrogens with one attached hydrogen (secondary N) is 1. The van der Waals surface area contributed by atoms with Crippen molar-refractivity contribution in [3.63, 3.8) is 0 Å². The number of hydrogen-bond acceptors (Lipinski definition) is 4. The maximum atomic E-state index is 11.8. The van der Waals surface area contributed by atoms with Crippen molar-refractivity contribution in [2.45, 2.75) is 6.92 Å². The minimum Gasteiger partial charge on any atom is -0.454 e. The van der Waals surface area contributed by atoms with E-state index in [1.807, 2.05) is 0 Å². The normalized spacial score (nSPS) is 10.3. The lowest BCUT2D eigenvalue weighted by atomic mass is 10.1. The molecule has 0 atom stereocenters. The second-order valence-electron chi connectivity index (χ2n) is 3.87. The molecule has 0 saturated heterocycles. The summed E-state index contributed by atoms with van der Waals surface area (Å²) < 4.78 is 4.81. The Bertz CT molecular complexity index is 672. The molecular weight excluding hydrogens is 234 g/mol. The zero-order valence-electron chi connectivity index (χ0n) is 9.73. The molecule has 0 bridgehead atoms. The van der Waals surface area contributed by atoms with E-state index in [0.29, 0.717) is 10.9 Å². The van der Waals surface area contributed by atoms with E-state index in [4.69, 9.17) is 4.74 Å². The Hall–Kier alpha value is -2.43. The standard InChI is InChI=1S/C13H11NO4/c1-8(15)7-18-13(17)10-6-12(16)14-11-5-3-2-4-9(10)11/h2-6H,7H2,1H3,(H,14,16). The zero-order chi connectivity index (χ0) is 13.1. The molecule has 2 aromatic rings. The van der Waals surface area contributed by atoms with E-state index in [9.17, 15) is 14.4 Å². The van der Waals surface area contributed by atoms with E-state index < -0.39 is 5.97 Å². The molecule has 5 heteroatoms. The number of pyridine rings is 1. The van der Waals surface area contributed by atoms with Crippen LogP contribution in [-0.2, 0) is 9.53 Å². The number of carbonyl (C=O) groups excluding carboxylic acids is 2. The summed E-state index contributed by atoms with van der Waals surface area (Å²) in [5.74, 6) is -0.926. The van der Waals surface area contributed by atoms with Crippen molar-refractivity contribution in [2.24, 2.45) is 0 Å². The molecule has 1 heterocycles. The lowest BCUT2D eigenvalue weighted by Gasteiger charge is -2.05. The molecule has 1 aromatic heterocycles. The minimum absolute atomic E-state index is 0.163. The van der Waals surface area contributed by atoms with Crippen LogP contribution in [0.15, 0.2) is 35.1 Å². The summed E-state index contributed by atoms with van der Waals surface area (Å²) in [6.07, 6.45) is 0. The third kappa shape index (κ3) is 2.45. The summed E-state index contributed by atoms with van der Waals surface area (Å²) in [4.78, 5) is 36.6. The van der Waals surface area contributed by atoms with Gasteiger partial charge in [-0.25, -0.2) is 4.79 Å². The highest BCUT2D eigenvalue weighted by molar-refractivity contribution is 6.03. The number of para-hydroxylation sites is 1. The number of hydrogen-bond donors (Lipinski definition) is 1. The maximum Gasteiger partial charge on any atom is 0.339 e. The zero-order valence-corrected chi connectivity index (χ0v) is 9.73. The second-order valence-corrected chi connectivity index (χ2v) is 3.87. The smallest absolute Gasteiger partial charge is 0.339 e. The molecule has 92 valence electrons. The van der Waals surface area contributed by atoms with Gasteiger partial charge in [0.15, 0.2) is 5.78 Å². The number of aromatic nitrogens is 1. The van der Waals surface area contributed by atoms with Crippen molar-refractivity contribution in [3.8, 4) is 0 Å². The van der Waals surface area contributed by atoms with Crippen LogP contribution in [-0.4, -0.2) is 23.3 Å². The second kappa shape index (κ2) is 4.83. The van der Waals surface area contributed by atoms with Gasteiger partial charge in [-0.15, -0.1) is 0 Å². The van der Waals surface area contributed by atoms with Gasteiger partial charge in [0, 0.05) is 17.0 Å². The first-order chi connectivity index (χ1) is 8.58. The summed E-state index contributed by atoms with van der Waals surface area (Å²) in [6, 6.07) is 8.07. The largest absolute Gasteiger partial charge is 0.454 e. The van der Waals surface area contributed by atoms with Gasteiger partial charge < -0.3 is 9.72 Å². The first kappa shape index (κ1) is 12.0. The summed E-state index contributed by atoms with van der Waals surface area (Å²) >= 11 is 0. The number of Topliss-reactive ketones (excluding diaryl/α,β-unsaturated/α-hetero) is 1. The Kier molecular flexibility index (Phi) is 3.23. The summed E-state index contributed by atoms with van der Waals surface area (Å²) in [7, 11) is 0. The molecule has 1 aromatic carbocycles.